The summed E-state index contributed by atoms with van der Waals surface area (Å²) >= 11 is 2.68. The molecular formula is C26H35N3O7S2Si. The number of carboxylic acid groups (broad SMARTS) is 1. The van der Waals surface area contributed by atoms with Gasteiger partial charge >= 0.3 is 12.1 Å². The van der Waals surface area contributed by atoms with Gasteiger partial charge in [0.15, 0.2) is 12.7 Å². The summed E-state index contributed by atoms with van der Waals surface area (Å²) in [6.45, 7) is 14.4. The molecule has 1 aromatic heterocycles. The van der Waals surface area contributed by atoms with Crippen LogP contribution < -0.4 is 0 Å². The summed E-state index contributed by atoms with van der Waals surface area (Å²) < 4.78 is 17.5. The second-order valence-corrected chi connectivity index (χ2v) is 17.3. The second-order valence-electron chi connectivity index (χ2n) is 10.7. The van der Waals surface area contributed by atoms with E-state index in [9.17, 15) is 19.5 Å². The number of aliphatic carboxylic acids is 1. The number of hydrogen-bond acceptors (Lipinski definition) is 9. The molecule has 0 radical (unpaired) electrons. The van der Waals surface area contributed by atoms with Gasteiger partial charge in [0.1, 0.15) is 12.3 Å². The van der Waals surface area contributed by atoms with Crippen LogP contribution in [0, 0.1) is 11.8 Å². The Kier molecular flexibility index (Phi) is 8.76. The highest BCUT2D eigenvalue weighted by Gasteiger charge is 2.60. The van der Waals surface area contributed by atoms with Crippen LogP contribution in [0.5, 0.6) is 0 Å². The van der Waals surface area contributed by atoms with Crippen LogP contribution in [-0.2, 0) is 23.5 Å². The van der Waals surface area contributed by atoms with E-state index in [1.165, 1.54) is 34.1 Å². The normalized spacial score (nSPS) is 25.4. The zero-order chi connectivity index (χ0) is 28.6. The highest BCUT2D eigenvalue weighted by molar-refractivity contribution is 8.04. The van der Waals surface area contributed by atoms with Gasteiger partial charge in [-0.15, -0.1) is 11.3 Å². The summed E-state index contributed by atoms with van der Waals surface area (Å²) in [5.74, 6) is -1.88. The largest absolute Gasteiger partial charge is 0.477 e. The molecule has 3 aliphatic rings. The Morgan fingerprint density at radius 1 is 1.38 bits per heavy atom. The highest BCUT2D eigenvalue weighted by Crippen LogP contribution is 2.53. The number of methoxy groups -OCH3 is 1. The number of ether oxygens (including phenoxy) is 2. The average molecular weight is 594 g/mol. The minimum absolute atomic E-state index is 0.0317. The van der Waals surface area contributed by atoms with Crippen molar-refractivity contribution in [3.05, 3.63) is 40.4 Å². The van der Waals surface area contributed by atoms with Gasteiger partial charge in [0, 0.05) is 35.4 Å². The van der Waals surface area contributed by atoms with Crippen LogP contribution in [0.2, 0.25) is 19.6 Å². The topological polar surface area (TPSA) is 119 Å². The van der Waals surface area contributed by atoms with Gasteiger partial charge < -0.3 is 23.9 Å². The number of rotatable bonds is 11. The maximum atomic E-state index is 13.1. The summed E-state index contributed by atoms with van der Waals surface area (Å²) in [6, 6.07) is -0.615. The van der Waals surface area contributed by atoms with Crippen molar-refractivity contribution >= 4 is 55.0 Å². The number of carboxylic acids is 1. The number of carbonyl (C=O) groups is 3. The SMILES string of the molecule is C=CCOC(=O)N1CC=C(c2csc(SC3=C(C(=O)O)N4C(=O)[C@H]([C@@H](C)O[Si](C)(C)C)[C@H]4[C@H]3C)n2)[C@@H]1COC. The molecule has 4 heterocycles. The predicted octanol–water partition coefficient (Wildman–Crippen LogP) is 4.28. The van der Waals surface area contributed by atoms with E-state index < -0.39 is 20.4 Å². The number of fused-ring (bicyclic) bond motifs is 1. The van der Waals surface area contributed by atoms with Crippen LogP contribution in [0.25, 0.3) is 5.57 Å². The molecule has 10 nitrogen and oxygen atoms in total. The molecule has 3 aliphatic heterocycles. The molecule has 2 amide bonds. The van der Waals surface area contributed by atoms with Crippen LogP contribution in [0.3, 0.4) is 0 Å². The molecule has 0 aliphatic carbocycles. The van der Waals surface area contributed by atoms with E-state index in [-0.39, 0.29) is 54.8 Å². The van der Waals surface area contributed by atoms with Crippen molar-refractivity contribution in [1.82, 2.24) is 14.8 Å². The first-order valence-corrected chi connectivity index (χ1v) is 17.8. The first-order valence-electron chi connectivity index (χ1n) is 12.7. The van der Waals surface area contributed by atoms with Gasteiger partial charge in [0.2, 0.25) is 5.91 Å². The smallest absolute Gasteiger partial charge is 0.410 e. The van der Waals surface area contributed by atoms with E-state index in [0.717, 1.165) is 5.57 Å². The number of thioether (sulfide) groups is 1. The van der Waals surface area contributed by atoms with E-state index in [0.29, 0.717) is 21.5 Å². The molecule has 4 rings (SSSR count). The van der Waals surface area contributed by atoms with E-state index in [2.05, 4.69) is 26.2 Å². The Balaban J connectivity index is 1.54. The number of aromatic nitrogens is 1. The molecule has 0 aromatic carbocycles. The first-order chi connectivity index (χ1) is 18.4. The molecule has 0 saturated carbocycles. The summed E-state index contributed by atoms with van der Waals surface area (Å²) in [4.78, 5) is 46.4. The van der Waals surface area contributed by atoms with Gasteiger partial charge in [-0.2, -0.15) is 0 Å². The average Bonchev–Trinajstić information content (AvgIpc) is 3.53. The number of thiazole rings is 1. The monoisotopic (exact) mass is 593 g/mol. The lowest BCUT2D eigenvalue weighted by Gasteiger charge is -2.48. The Morgan fingerprint density at radius 3 is 2.72 bits per heavy atom. The van der Waals surface area contributed by atoms with Crippen molar-refractivity contribution in [2.45, 2.75) is 56.0 Å². The molecule has 212 valence electrons. The first kappa shape index (κ1) is 29.5. The fourth-order valence-corrected chi connectivity index (χ4v) is 8.82. The lowest BCUT2D eigenvalue weighted by Crippen LogP contribution is -2.64. The molecule has 1 saturated heterocycles. The molecule has 1 N–H and O–H groups in total. The van der Waals surface area contributed by atoms with Crippen molar-refractivity contribution < 1.29 is 33.4 Å². The molecule has 0 bridgehead atoms. The van der Waals surface area contributed by atoms with Crippen LogP contribution in [0.15, 0.2) is 39.1 Å². The molecule has 5 atom stereocenters. The fourth-order valence-electron chi connectivity index (χ4n) is 5.46. The third-order valence-electron chi connectivity index (χ3n) is 6.94. The van der Waals surface area contributed by atoms with Crippen molar-refractivity contribution in [3.8, 4) is 0 Å². The predicted molar refractivity (Wildman–Crippen MR) is 152 cm³/mol. The van der Waals surface area contributed by atoms with Crippen molar-refractivity contribution in [3.63, 3.8) is 0 Å². The van der Waals surface area contributed by atoms with E-state index in [4.69, 9.17) is 18.9 Å². The minimum atomic E-state index is -1.88. The maximum Gasteiger partial charge on any atom is 0.410 e. The molecular weight excluding hydrogens is 559 g/mol. The molecule has 39 heavy (non-hydrogen) atoms. The van der Waals surface area contributed by atoms with Crippen LogP contribution in [0.4, 0.5) is 4.79 Å². The maximum absolute atomic E-state index is 13.1. The quantitative estimate of drug-likeness (QED) is 0.228. The number of nitrogens with zero attached hydrogens (tertiary/aromatic N) is 3. The standard InChI is InChI=1S/C26H35N3O7S2Si/c1-8-11-35-26(33)28-10-9-16(18(28)12-34-4)17-13-37-25(27-17)38-22-14(2)20-19(15(3)36-39(5,6)7)23(30)29(20)21(22)24(31)32/h8-9,13-15,18-20H,1,10-12H2,2-7H3,(H,31,32)/t14-,15-,18+,19-,20-/m1/s1. The van der Waals surface area contributed by atoms with Gasteiger partial charge in [0.25, 0.3) is 0 Å². The zero-order valence-electron chi connectivity index (χ0n) is 23.0. The van der Waals surface area contributed by atoms with E-state index in [1.807, 2.05) is 25.3 Å². The molecule has 0 spiro atoms. The van der Waals surface area contributed by atoms with Crippen molar-refractivity contribution in [1.29, 1.82) is 0 Å². The number of β-lactam (4-membered cyclic amide) rings is 1. The van der Waals surface area contributed by atoms with E-state index >= 15 is 0 Å². The number of carbonyl (C=O) groups excluding carboxylic acids is 2. The van der Waals surface area contributed by atoms with Crippen LogP contribution in [-0.4, -0.2) is 91.2 Å². The molecule has 1 aromatic rings. The van der Waals surface area contributed by atoms with E-state index in [1.54, 1.807) is 12.0 Å². The highest BCUT2D eigenvalue weighted by atomic mass is 32.2. The van der Waals surface area contributed by atoms with Crippen molar-refractivity contribution in [2.24, 2.45) is 11.8 Å². The summed E-state index contributed by atoms with van der Waals surface area (Å²) in [5, 5.41) is 12.0. The third kappa shape index (κ3) is 5.73. The number of hydrogen-bond donors (Lipinski definition) is 1. The van der Waals surface area contributed by atoms with Crippen LogP contribution in [0.1, 0.15) is 19.5 Å². The molecule has 13 heteroatoms. The molecule has 1 fully saturated rings. The van der Waals surface area contributed by atoms with Gasteiger partial charge in [-0.05, 0) is 26.6 Å². The number of amides is 2. The van der Waals surface area contributed by atoms with Gasteiger partial charge in [-0.25, -0.2) is 14.6 Å². The molecule has 0 unspecified atom stereocenters. The van der Waals surface area contributed by atoms with Crippen molar-refractivity contribution in [2.75, 3.05) is 26.9 Å². The summed E-state index contributed by atoms with van der Waals surface area (Å²) in [6.07, 6.45) is 2.70. The van der Waals surface area contributed by atoms with Gasteiger partial charge in [-0.3, -0.25) is 9.69 Å². The summed E-state index contributed by atoms with van der Waals surface area (Å²) in [5.41, 5.74) is 1.57. The fraction of sp³-hybridized carbons (Fsp3) is 0.538. The lowest BCUT2D eigenvalue weighted by molar-refractivity contribution is -0.162. The van der Waals surface area contributed by atoms with Gasteiger partial charge in [0.05, 0.1) is 36.4 Å². The Labute approximate surface area is 237 Å². The Hall–Kier alpha value is -2.45. The summed E-state index contributed by atoms with van der Waals surface area (Å²) in [7, 11) is -0.314. The minimum Gasteiger partial charge on any atom is -0.477 e. The van der Waals surface area contributed by atoms with Crippen LogP contribution >= 0.6 is 23.1 Å². The Morgan fingerprint density at radius 2 is 2.10 bits per heavy atom. The Bertz CT molecular complexity index is 1220. The zero-order valence-corrected chi connectivity index (χ0v) is 25.6. The second kappa shape index (κ2) is 11.6. The third-order valence-corrected chi connectivity index (χ3v) is 10.2. The lowest BCUT2D eigenvalue weighted by atomic mass is 9.79. The van der Waals surface area contributed by atoms with Gasteiger partial charge in [-0.1, -0.05) is 37.4 Å².